The molecule has 0 saturated carbocycles. The van der Waals surface area contributed by atoms with E-state index < -0.39 is 0 Å². The van der Waals surface area contributed by atoms with Crippen molar-refractivity contribution in [3.05, 3.63) is 40.3 Å². The minimum Gasteiger partial charge on any atom is -0.441 e. The van der Waals surface area contributed by atoms with Crippen LogP contribution in [0.4, 0.5) is 0 Å². The van der Waals surface area contributed by atoms with Crippen LogP contribution in [0.25, 0.3) is 11.3 Å². The Morgan fingerprint density at radius 3 is 2.57 bits per heavy atom. The first-order chi connectivity index (χ1) is 6.66. The Labute approximate surface area is 91.5 Å². The van der Waals surface area contributed by atoms with E-state index in [1.165, 1.54) is 0 Å². The van der Waals surface area contributed by atoms with Gasteiger partial charge in [-0.25, -0.2) is 4.98 Å². The Balaban J connectivity index is 2.47. The van der Waals surface area contributed by atoms with Crippen molar-refractivity contribution in [2.45, 2.75) is 6.92 Å². The second-order valence-electron chi connectivity index (χ2n) is 2.87. The zero-order valence-corrected chi connectivity index (χ0v) is 8.93. The molecule has 0 bridgehead atoms. The molecule has 1 aromatic carbocycles. The lowest BCUT2D eigenvalue weighted by Gasteiger charge is -1.98. The molecule has 0 spiro atoms. The third-order valence-corrected chi connectivity index (χ3v) is 2.56. The second kappa shape index (κ2) is 3.64. The summed E-state index contributed by atoms with van der Waals surface area (Å²) < 4.78 is 5.35. The van der Waals surface area contributed by atoms with Crippen molar-refractivity contribution in [3.8, 4) is 11.3 Å². The van der Waals surface area contributed by atoms with Gasteiger partial charge in [-0.15, -0.1) is 0 Å². The topological polar surface area (TPSA) is 26.0 Å². The van der Waals surface area contributed by atoms with E-state index in [1.807, 2.05) is 6.07 Å². The van der Waals surface area contributed by atoms with Crippen LogP contribution in [0.2, 0.25) is 10.0 Å². The molecule has 14 heavy (non-hydrogen) atoms. The van der Waals surface area contributed by atoms with Gasteiger partial charge in [-0.2, -0.15) is 0 Å². The Morgan fingerprint density at radius 2 is 2.00 bits per heavy atom. The average Bonchev–Trinajstić information content (AvgIpc) is 2.57. The van der Waals surface area contributed by atoms with E-state index in [2.05, 4.69) is 4.98 Å². The van der Waals surface area contributed by atoms with Gasteiger partial charge in [0.25, 0.3) is 0 Å². The molecule has 0 N–H and O–H groups in total. The molecule has 0 aliphatic rings. The SMILES string of the molecule is Cc1ncc(-c2ccc(Cl)c(Cl)c2)o1. The Kier molecular flexibility index (Phi) is 2.48. The number of aryl methyl sites for hydroxylation is 1. The summed E-state index contributed by atoms with van der Waals surface area (Å²) in [7, 11) is 0. The predicted molar refractivity (Wildman–Crippen MR) is 56.7 cm³/mol. The van der Waals surface area contributed by atoms with Gasteiger partial charge in [0.15, 0.2) is 11.7 Å². The highest BCUT2D eigenvalue weighted by molar-refractivity contribution is 6.42. The average molecular weight is 228 g/mol. The lowest BCUT2D eigenvalue weighted by Crippen LogP contribution is -1.74. The fourth-order valence-electron chi connectivity index (χ4n) is 1.14. The first kappa shape index (κ1) is 9.56. The van der Waals surface area contributed by atoms with Crippen LogP contribution in [0.15, 0.2) is 28.8 Å². The zero-order valence-electron chi connectivity index (χ0n) is 7.42. The van der Waals surface area contributed by atoms with Gasteiger partial charge in [0.2, 0.25) is 0 Å². The van der Waals surface area contributed by atoms with Crippen molar-refractivity contribution >= 4 is 23.2 Å². The third-order valence-electron chi connectivity index (χ3n) is 1.83. The van der Waals surface area contributed by atoms with Crippen molar-refractivity contribution in [3.63, 3.8) is 0 Å². The van der Waals surface area contributed by atoms with Gasteiger partial charge >= 0.3 is 0 Å². The highest BCUT2D eigenvalue weighted by atomic mass is 35.5. The van der Waals surface area contributed by atoms with Crippen LogP contribution in [0, 0.1) is 6.92 Å². The normalized spacial score (nSPS) is 10.5. The lowest BCUT2D eigenvalue weighted by molar-refractivity contribution is 0.534. The summed E-state index contributed by atoms with van der Waals surface area (Å²) >= 11 is 11.7. The van der Waals surface area contributed by atoms with Crippen LogP contribution < -0.4 is 0 Å². The molecule has 0 unspecified atom stereocenters. The Morgan fingerprint density at radius 1 is 1.21 bits per heavy atom. The van der Waals surface area contributed by atoms with Crippen LogP contribution in [-0.4, -0.2) is 4.98 Å². The summed E-state index contributed by atoms with van der Waals surface area (Å²) in [5.74, 6) is 1.33. The lowest BCUT2D eigenvalue weighted by atomic mass is 10.2. The van der Waals surface area contributed by atoms with Crippen molar-refractivity contribution in [2.75, 3.05) is 0 Å². The van der Waals surface area contributed by atoms with Crippen molar-refractivity contribution in [1.29, 1.82) is 0 Å². The molecule has 0 saturated heterocycles. The summed E-state index contributed by atoms with van der Waals surface area (Å²) in [4.78, 5) is 4.00. The third kappa shape index (κ3) is 1.76. The monoisotopic (exact) mass is 227 g/mol. The molecule has 2 aromatic rings. The largest absolute Gasteiger partial charge is 0.441 e. The van der Waals surface area contributed by atoms with Gasteiger partial charge in [0, 0.05) is 12.5 Å². The van der Waals surface area contributed by atoms with Crippen LogP contribution in [0.3, 0.4) is 0 Å². The van der Waals surface area contributed by atoms with E-state index in [0.717, 1.165) is 5.56 Å². The van der Waals surface area contributed by atoms with Gasteiger partial charge in [0.1, 0.15) is 0 Å². The molecule has 4 heteroatoms. The minimum absolute atomic E-state index is 0.512. The molecule has 1 aromatic heterocycles. The number of benzene rings is 1. The van der Waals surface area contributed by atoms with E-state index in [0.29, 0.717) is 21.7 Å². The number of halogens is 2. The molecule has 0 aliphatic heterocycles. The Hall–Kier alpha value is -0.990. The molecule has 72 valence electrons. The Bertz CT molecular complexity index is 465. The smallest absolute Gasteiger partial charge is 0.191 e. The van der Waals surface area contributed by atoms with Crippen LogP contribution in [-0.2, 0) is 0 Å². The maximum Gasteiger partial charge on any atom is 0.191 e. The molecule has 0 fully saturated rings. The van der Waals surface area contributed by atoms with E-state index in [-0.39, 0.29) is 0 Å². The fourth-order valence-corrected chi connectivity index (χ4v) is 1.44. The van der Waals surface area contributed by atoms with Crippen LogP contribution in [0.5, 0.6) is 0 Å². The molecule has 0 amide bonds. The standard InChI is InChI=1S/C10H7Cl2NO/c1-6-13-5-10(14-6)7-2-3-8(11)9(12)4-7/h2-5H,1H3. The van der Waals surface area contributed by atoms with Gasteiger partial charge in [0.05, 0.1) is 16.2 Å². The van der Waals surface area contributed by atoms with Crippen LogP contribution in [0.1, 0.15) is 5.89 Å². The van der Waals surface area contributed by atoms with Crippen molar-refractivity contribution in [1.82, 2.24) is 4.98 Å². The quantitative estimate of drug-likeness (QED) is 0.738. The number of nitrogens with zero attached hydrogens (tertiary/aromatic N) is 1. The van der Waals surface area contributed by atoms with Crippen LogP contribution >= 0.6 is 23.2 Å². The maximum atomic E-state index is 5.88. The fraction of sp³-hybridized carbons (Fsp3) is 0.100. The van der Waals surface area contributed by atoms with Gasteiger partial charge in [-0.3, -0.25) is 0 Å². The molecule has 1 heterocycles. The predicted octanol–water partition coefficient (Wildman–Crippen LogP) is 3.96. The summed E-state index contributed by atoms with van der Waals surface area (Å²) in [6.07, 6.45) is 1.66. The van der Waals surface area contributed by atoms with Gasteiger partial charge < -0.3 is 4.42 Å². The first-order valence-corrected chi connectivity index (χ1v) is 4.80. The summed E-state index contributed by atoms with van der Waals surface area (Å²) in [5.41, 5.74) is 0.875. The molecule has 2 rings (SSSR count). The number of hydrogen-bond acceptors (Lipinski definition) is 2. The number of rotatable bonds is 1. The van der Waals surface area contributed by atoms with E-state index in [4.69, 9.17) is 27.6 Å². The number of hydrogen-bond donors (Lipinski definition) is 0. The molecular weight excluding hydrogens is 221 g/mol. The van der Waals surface area contributed by atoms with Gasteiger partial charge in [-0.05, 0) is 18.2 Å². The zero-order chi connectivity index (χ0) is 10.1. The minimum atomic E-state index is 0.512. The molecular formula is C10H7Cl2NO. The summed E-state index contributed by atoms with van der Waals surface area (Å²) in [6.45, 7) is 1.79. The summed E-state index contributed by atoms with van der Waals surface area (Å²) in [5, 5.41) is 1.05. The first-order valence-electron chi connectivity index (χ1n) is 4.04. The van der Waals surface area contributed by atoms with Crippen molar-refractivity contribution in [2.24, 2.45) is 0 Å². The van der Waals surface area contributed by atoms with E-state index >= 15 is 0 Å². The molecule has 0 atom stereocenters. The van der Waals surface area contributed by atoms with E-state index in [1.54, 1.807) is 25.3 Å². The number of oxazole rings is 1. The highest BCUT2D eigenvalue weighted by Crippen LogP contribution is 2.28. The second-order valence-corrected chi connectivity index (χ2v) is 3.69. The van der Waals surface area contributed by atoms with Gasteiger partial charge in [-0.1, -0.05) is 23.2 Å². The maximum absolute atomic E-state index is 5.88. The van der Waals surface area contributed by atoms with Crippen molar-refractivity contribution < 1.29 is 4.42 Å². The van der Waals surface area contributed by atoms with E-state index in [9.17, 15) is 0 Å². The number of aromatic nitrogens is 1. The summed E-state index contributed by atoms with van der Waals surface area (Å²) in [6, 6.07) is 5.33. The molecule has 2 nitrogen and oxygen atoms in total. The highest BCUT2D eigenvalue weighted by Gasteiger charge is 2.05. The molecule has 0 aliphatic carbocycles. The molecule has 0 radical (unpaired) electrons.